The number of methoxy groups -OCH3 is 1. The van der Waals surface area contributed by atoms with Gasteiger partial charge in [0.25, 0.3) is 0 Å². The molecule has 5 aliphatic rings. The second-order valence-corrected chi connectivity index (χ2v) is 17.2. The topological polar surface area (TPSA) is 43.4 Å². The van der Waals surface area contributed by atoms with E-state index in [4.69, 9.17) is 4.74 Å². The summed E-state index contributed by atoms with van der Waals surface area (Å²) in [7, 11) is 1.59. The fourth-order valence-corrected chi connectivity index (χ4v) is 12.7. The van der Waals surface area contributed by atoms with Gasteiger partial charge >= 0.3 is 5.97 Å². The van der Waals surface area contributed by atoms with Crippen LogP contribution in [0.3, 0.4) is 0 Å². The molecule has 0 heterocycles. The SMILES string of the molecule is C=C(C)[C@@H]1CC[C@]2(C(=O)OC)CC[C@]3(C)[C@H](CC[C@H]4[C@@]5(C)C/C(=C\c6ccc(Br)cc6)C(=O)C(C)(C)[C@H]5CC[C@@]43C)[C@@H]12. The van der Waals surface area contributed by atoms with E-state index in [1.807, 2.05) is 0 Å². The van der Waals surface area contributed by atoms with Crippen molar-refractivity contribution in [2.45, 2.75) is 99.3 Å². The minimum absolute atomic E-state index is 0.0245. The van der Waals surface area contributed by atoms with E-state index in [2.05, 4.69) is 94.4 Å². The quantitative estimate of drug-likeness (QED) is 0.189. The highest BCUT2D eigenvalue weighted by Gasteiger charge is 2.72. The van der Waals surface area contributed by atoms with E-state index in [-0.39, 0.29) is 33.0 Å². The van der Waals surface area contributed by atoms with E-state index in [0.29, 0.717) is 35.4 Å². The molecule has 0 bridgehead atoms. The number of hydrogen-bond donors (Lipinski definition) is 0. The van der Waals surface area contributed by atoms with Gasteiger partial charge in [-0.1, -0.05) is 74.8 Å². The van der Waals surface area contributed by atoms with Gasteiger partial charge in [-0.2, -0.15) is 0 Å². The van der Waals surface area contributed by atoms with Crippen LogP contribution in [0.15, 0.2) is 46.5 Å². The molecule has 0 amide bonds. The molecule has 228 valence electrons. The Bertz CT molecular complexity index is 1340. The normalized spacial score (nSPS) is 44.9. The van der Waals surface area contributed by atoms with E-state index < -0.39 is 0 Å². The first-order valence-corrected chi connectivity index (χ1v) is 17.2. The maximum absolute atomic E-state index is 14.1. The zero-order valence-corrected chi connectivity index (χ0v) is 28.5. The van der Waals surface area contributed by atoms with Crippen molar-refractivity contribution < 1.29 is 14.3 Å². The van der Waals surface area contributed by atoms with E-state index in [1.54, 1.807) is 7.11 Å². The van der Waals surface area contributed by atoms with Crippen molar-refractivity contribution in [3.05, 3.63) is 52.0 Å². The molecule has 0 aromatic heterocycles. The Morgan fingerprint density at radius 1 is 0.929 bits per heavy atom. The zero-order chi connectivity index (χ0) is 30.5. The summed E-state index contributed by atoms with van der Waals surface area (Å²) in [6, 6.07) is 8.35. The lowest BCUT2D eigenvalue weighted by Crippen LogP contribution is -2.67. The second kappa shape index (κ2) is 9.91. The standard InChI is InChI=1S/C38H51BrO3/c1-23(2)27-15-18-38(33(41)42-8)20-19-36(6)28(31(27)38)13-14-30-35(5)22-25(21-24-9-11-26(39)12-10-24)32(40)34(3,4)29(35)16-17-37(30,36)7/h9-12,21,27-31H,1,13-20,22H2,2-8H3/b25-21+/t27-,28+,29+,30-,31+,35-,36+,37-,38-/m0/s1. The van der Waals surface area contributed by atoms with E-state index in [0.717, 1.165) is 60.6 Å². The first kappa shape index (κ1) is 30.4. The summed E-state index contributed by atoms with van der Waals surface area (Å²) in [5.74, 6) is 2.50. The van der Waals surface area contributed by atoms with Gasteiger partial charge in [-0.3, -0.25) is 9.59 Å². The number of rotatable bonds is 3. The first-order valence-electron chi connectivity index (χ1n) is 16.4. The molecule has 4 heteroatoms. The molecule has 1 aromatic rings. The Labute approximate surface area is 262 Å². The number of allylic oxidation sites excluding steroid dienone is 2. The molecule has 9 atom stereocenters. The summed E-state index contributed by atoms with van der Waals surface area (Å²) in [5, 5.41) is 0. The molecule has 6 rings (SSSR count). The van der Waals surface area contributed by atoms with Crippen LogP contribution in [0, 0.1) is 56.7 Å². The van der Waals surface area contributed by atoms with Crippen LogP contribution < -0.4 is 0 Å². The molecule has 5 saturated carbocycles. The average Bonchev–Trinajstić information content (AvgIpc) is 3.34. The lowest BCUT2D eigenvalue weighted by molar-refractivity contribution is -0.232. The molecular formula is C38H51BrO3. The number of Topliss-reactive ketones (excluding diaryl/α,β-unsaturated/α-hetero) is 1. The zero-order valence-electron chi connectivity index (χ0n) is 26.9. The van der Waals surface area contributed by atoms with Gasteiger partial charge in [0.15, 0.2) is 5.78 Å². The van der Waals surface area contributed by atoms with Crippen molar-refractivity contribution in [3.8, 4) is 0 Å². The Morgan fingerprint density at radius 3 is 2.26 bits per heavy atom. The highest BCUT2D eigenvalue weighted by Crippen LogP contribution is 2.77. The van der Waals surface area contributed by atoms with Crippen molar-refractivity contribution in [3.63, 3.8) is 0 Å². The van der Waals surface area contributed by atoms with Gasteiger partial charge in [-0.15, -0.1) is 0 Å². The van der Waals surface area contributed by atoms with Crippen LogP contribution in [0.4, 0.5) is 0 Å². The number of hydrogen-bond acceptors (Lipinski definition) is 3. The number of carbonyl (C=O) groups is 2. The fraction of sp³-hybridized carbons (Fsp3) is 0.684. The summed E-state index contributed by atoms with van der Waals surface area (Å²) < 4.78 is 6.60. The third kappa shape index (κ3) is 3.94. The lowest BCUT2D eigenvalue weighted by atomic mass is 9.32. The molecule has 0 aliphatic heterocycles. The maximum Gasteiger partial charge on any atom is 0.312 e. The third-order valence-corrected chi connectivity index (χ3v) is 15.0. The van der Waals surface area contributed by atoms with E-state index >= 15 is 0 Å². The molecule has 5 fully saturated rings. The highest BCUT2D eigenvalue weighted by atomic mass is 79.9. The van der Waals surface area contributed by atoms with Crippen LogP contribution >= 0.6 is 15.9 Å². The largest absolute Gasteiger partial charge is 0.469 e. The molecule has 5 aliphatic carbocycles. The van der Waals surface area contributed by atoms with Crippen LogP contribution in [0.25, 0.3) is 6.08 Å². The van der Waals surface area contributed by atoms with Gasteiger partial charge in [0.05, 0.1) is 12.5 Å². The Balaban J connectivity index is 1.41. The first-order chi connectivity index (χ1) is 19.7. The number of ketones is 1. The summed E-state index contributed by atoms with van der Waals surface area (Å²) >= 11 is 3.56. The summed E-state index contributed by atoms with van der Waals surface area (Å²) in [5.41, 5.74) is 2.98. The Hall–Kier alpha value is -1.68. The van der Waals surface area contributed by atoms with Crippen LogP contribution in [0.5, 0.6) is 0 Å². The van der Waals surface area contributed by atoms with Gasteiger partial charge in [0.1, 0.15) is 0 Å². The molecule has 0 spiro atoms. The monoisotopic (exact) mass is 634 g/mol. The van der Waals surface area contributed by atoms with Crippen molar-refractivity contribution in [1.29, 1.82) is 0 Å². The predicted molar refractivity (Wildman–Crippen MR) is 173 cm³/mol. The second-order valence-electron chi connectivity index (χ2n) is 16.3. The van der Waals surface area contributed by atoms with Crippen molar-refractivity contribution in [2.24, 2.45) is 56.7 Å². The molecule has 0 radical (unpaired) electrons. The van der Waals surface area contributed by atoms with Crippen molar-refractivity contribution in [2.75, 3.05) is 7.11 Å². The molecule has 42 heavy (non-hydrogen) atoms. The molecular weight excluding hydrogens is 584 g/mol. The number of fused-ring (bicyclic) bond motifs is 7. The number of halogens is 1. The fourth-order valence-electron chi connectivity index (χ4n) is 12.4. The number of ether oxygens (including phenoxy) is 1. The van der Waals surface area contributed by atoms with Crippen molar-refractivity contribution >= 4 is 33.8 Å². The summed E-state index contributed by atoms with van der Waals surface area (Å²) in [6.07, 6.45) is 11.7. The van der Waals surface area contributed by atoms with Gasteiger partial charge in [-0.25, -0.2) is 0 Å². The predicted octanol–water partition coefficient (Wildman–Crippen LogP) is 9.84. The highest BCUT2D eigenvalue weighted by molar-refractivity contribution is 9.10. The van der Waals surface area contributed by atoms with Crippen molar-refractivity contribution in [1.82, 2.24) is 0 Å². The average molecular weight is 636 g/mol. The van der Waals surface area contributed by atoms with E-state index in [1.165, 1.54) is 18.4 Å². The molecule has 0 saturated heterocycles. The maximum atomic E-state index is 14.1. The minimum atomic E-state index is -0.379. The molecule has 0 unspecified atom stereocenters. The van der Waals surface area contributed by atoms with E-state index in [9.17, 15) is 9.59 Å². The lowest BCUT2D eigenvalue weighted by Gasteiger charge is -2.72. The smallest absolute Gasteiger partial charge is 0.312 e. The number of esters is 1. The molecule has 0 N–H and O–H groups in total. The van der Waals surface area contributed by atoms with Gasteiger partial charge < -0.3 is 4.74 Å². The third-order valence-electron chi connectivity index (χ3n) is 14.5. The summed E-state index contributed by atoms with van der Waals surface area (Å²) in [4.78, 5) is 27.6. The van der Waals surface area contributed by atoms with Gasteiger partial charge in [0, 0.05) is 9.89 Å². The van der Waals surface area contributed by atoms with Gasteiger partial charge in [-0.05, 0) is 140 Å². The Morgan fingerprint density at radius 2 is 1.62 bits per heavy atom. The van der Waals surface area contributed by atoms with Crippen LogP contribution in [0.2, 0.25) is 0 Å². The molecule has 1 aromatic carbocycles. The number of benzene rings is 1. The molecule has 3 nitrogen and oxygen atoms in total. The minimum Gasteiger partial charge on any atom is -0.469 e. The van der Waals surface area contributed by atoms with Crippen LogP contribution in [-0.2, 0) is 14.3 Å². The summed E-state index contributed by atoms with van der Waals surface area (Å²) in [6.45, 7) is 18.8. The van der Waals surface area contributed by atoms with Crippen LogP contribution in [-0.4, -0.2) is 18.9 Å². The van der Waals surface area contributed by atoms with Crippen LogP contribution in [0.1, 0.15) is 105 Å². The number of carbonyl (C=O) groups excluding carboxylic acids is 2. The van der Waals surface area contributed by atoms with Gasteiger partial charge in [0.2, 0.25) is 0 Å². The Kier molecular flexibility index (Phi) is 7.16.